The molecule has 10 heteroatoms. The van der Waals surface area contributed by atoms with Crippen LogP contribution >= 0.6 is 22.7 Å². The Kier molecular flexibility index (Phi) is 5.83. The van der Waals surface area contributed by atoms with E-state index in [1.54, 1.807) is 0 Å². The first-order valence-electron chi connectivity index (χ1n) is 9.03. The number of benzene rings is 1. The molecule has 4 rings (SSSR count). The molecule has 8 nitrogen and oxygen atoms in total. The average Bonchev–Trinajstić information content (AvgIpc) is 3.38. The summed E-state index contributed by atoms with van der Waals surface area (Å²) in [5.41, 5.74) is 8.30. The van der Waals surface area contributed by atoms with Gasteiger partial charge < -0.3 is 19.9 Å². The molecular weight excluding hydrogens is 438 g/mol. The maximum Gasteiger partial charge on any atom is 0.348 e. The number of nitrogens with zero attached hydrogens (tertiary/aromatic N) is 2. The van der Waals surface area contributed by atoms with Crippen molar-refractivity contribution in [3.63, 3.8) is 0 Å². The summed E-state index contributed by atoms with van der Waals surface area (Å²) in [5.74, 6) is -0.934. The van der Waals surface area contributed by atoms with Gasteiger partial charge in [-0.2, -0.15) is 0 Å². The maximum atomic E-state index is 12.3. The lowest BCUT2D eigenvalue weighted by atomic mass is 10.1. The summed E-state index contributed by atoms with van der Waals surface area (Å²) in [7, 11) is 2.50. The molecule has 3 aromatic heterocycles. The van der Waals surface area contributed by atoms with Gasteiger partial charge in [0.05, 0.1) is 19.6 Å². The third-order valence-corrected chi connectivity index (χ3v) is 6.50. The van der Waals surface area contributed by atoms with E-state index in [0.29, 0.717) is 11.4 Å². The third-order valence-electron chi connectivity index (χ3n) is 4.57. The summed E-state index contributed by atoms with van der Waals surface area (Å²) in [5, 5.41) is 2.89. The van der Waals surface area contributed by atoms with Crippen molar-refractivity contribution in [3.8, 4) is 17.0 Å². The molecule has 0 aliphatic rings. The molecule has 1 aromatic carbocycles. The van der Waals surface area contributed by atoms with Gasteiger partial charge in [-0.1, -0.05) is 30.3 Å². The normalized spacial score (nSPS) is 10.8. The summed E-state index contributed by atoms with van der Waals surface area (Å²) in [6.45, 7) is -0.126. The summed E-state index contributed by atoms with van der Waals surface area (Å²) < 4.78 is 15.7. The molecular formula is C21H17N3O5S2. The molecule has 2 N–H and O–H groups in total. The van der Waals surface area contributed by atoms with Crippen LogP contribution in [0, 0.1) is 0 Å². The summed E-state index contributed by atoms with van der Waals surface area (Å²) in [6, 6.07) is 9.81. The Hall–Kier alpha value is -3.50. The van der Waals surface area contributed by atoms with Crippen LogP contribution in [0.3, 0.4) is 0 Å². The molecule has 158 valence electrons. The predicted molar refractivity (Wildman–Crippen MR) is 119 cm³/mol. The van der Waals surface area contributed by atoms with E-state index in [-0.39, 0.29) is 22.0 Å². The smallest absolute Gasteiger partial charge is 0.348 e. The molecule has 0 spiro atoms. The van der Waals surface area contributed by atoms with Crippen LogP contribution in [-0.4, -0.2) is 36.1 Å². The second-order valence-electron chi connectivity index (χ2n) is 6.30. The van der Waals surface area contributed by atoms with E-state index in [9.17, 15) is 9.59 Å². The summed E-state index contributed by atoms with van der Waals surface area (Å²) in [4.78, 5) is 34.1. The standard InChI is InChI=1S/C21H17N3O5S2/c1-27-20(25)14-12(16(21(26)28-2)31-17(14)22)8-29-18-15-13(11-6-4-3-5-7-11)9-30-19(15)24-10-23-18/h3-7,9-10H,8,22H2,1-2H3. The lowest BCUT2D eigenvalue weighted by Gasteiger charge is -2.10. The van der Waals surface area contributed by atoms with Gasteiger partial charge in [-0.15, -0.1) is 22.7 Å². The van der Waals surface area contributed by atoms with Crippen LogP contribution in [-0.2, 0) is 16.1 Å². The molecule has 4 aromatic rings. The van der Waals surface area contributed by atoms with E-state index in [1.165, 1.54) is 31.9 Å². The van der Waals surface area contributed by atoms with Crippen molar-refractivity contribution in [1.29, 1.82) is 0 Å². The lowest BCUT2D eigenvalue weighted by Crippen LogP contribution is -2.11. The van der Waals surface area contributed by atoms with Gasteiger partial charge in [0.15, 0.2) is 0 Å². The third kappa shape index (κ3) is 3.82. The minimum absolute atomic E-state index is 0.0896. The highest BCUT2D eigenvalue weighted by molar-refractivity contribution is 7.18. The SMILES string of the molecule is COC(=O)c1sc(N)c(C(=O)OC)c1COc1ncnc2scc(-c3ccccc3)c12. The van der Waals surface area contributed by atoms with Gasteiger partial charge in [-0.3, -0.25) is 0 Å². The van der Waals surface area contributed by atoms with Gasteiger partial charge in [0.1, 0.15) is 33.2 Å². The van der Waals surface area contributed by atoms with E-state index in [1.807, 2.05) is 35.7 Å². The Balaban J connectivity index is 1.76. The highest BCUT2D eigenvalue weighted by atomic mass is 32.1. The monoisotopic (exact) mass is 455 g/mol. The number of thiophene rings is 2. The quantitative estimate of drug-likeness (QED) is 0.431. The Morgan fingerprint density at radius 3 is 2.52 bits per heavy atom. The Morgan fingerprint density at radius 1 is 1.06 bits per heavy atom. The molecule has 0 amide bonds. The molecule has 31 heavy (non-hydrogen) atoms. The number of methoxy groups -OCH3 is 2. The van der Waals surface area contributed by atoms with Gasteiger partial charge in [-0.05, 0) is 5.56 Å². The Labute approximate surface area is 185 Å². The zero-order chi connectivity index (χ0) is 22.0. The second-order valence-corrected chi connectivity index (χ2v) is 8.21. The van der Waals surface area contributed by atoms with E-state index in [2.05, 4.69) is 9.97 Å². The fraction of sp³-hybridized carbons (Fsp3) is 0.143. The topological polar surface area (TPSA) is 114 Å². The second kappa shape index (κ2) is 8.70. The minimum atomic E-state index is -0.657. The fourth-order valence-electron chi connectivity index (χ4n) is 3.13. The van der Waals surface area contributed by atoms with Gasteiger partial charge in [0.2, 0.25) is 5.88 Å². The van der Waals surface area contributed by atoms with Crippen LogP contribution in [0.2, 0.25) is 0 Å². The van der Waals surface area contributed by atoms with Crippen LogP contribution in [0.5, 0.6) is 5.88 Å². The van der Waals surface area contributed by atoms with Crippen molar-refractivity contribution in [2.45, 2.75) is 6.61 Å². The Bertz CT molecular complexity index is 1270. The zero-order valence-corrected chi connectivity index (χ0v) is 18.2. The highest BCUT2D eigenvalue weighted by Gasteiger charge is 2.28. The van der Waals surface area contributed by atoms with Crippen molar-refractivity contribution >= 4 is 49.8 Å². The van der Waals surface area contributed by atoms with E-state index >= 15 is 0 Å². The molecule has 0 saturated carbocycles. The van der Waals surface area contributed by atoms with Gasteiger partial charge in [0, 0.05) is 16.5 Å². The van der Waals surface area contributed by atoms with Gasteiger partial charge in [0.25, 0.3) is 0 Å². The number of carbonyl (C=O) groups is 2. The number of nitrogen functional groups attached to an aromatic ring is 1. The van der Waals surface area contributed by atoms with Crippen LogP contribution in [0.25, 0.3) is 21.3 Å². The molecule has 0 fully saturated rings. The molecule has 3 heterocycles. The number of hydrogen-bond acceptors (Lipinski definition) is 10. The summed E-state index contributed by atoms with van der Waals surface area (Å²) >= 11 is 2.42. The minimum Gasteiger partial charge on any atom is -0.472 e. The van der Waals surface area contributed by atoms with Crippen LogP contribution in [0.4, 0.5) is 5.00 Å². The number of aromatic nitrogens is 2. The molecule has 0 unspecified atom stereocenters. The first-order valence-corrected chi connectivity index (χ1v) is 10.7. The first-order chi connectivity index (χ1) is 15.0. The molecule has 0 saturated heterocycles. The number of fused-ring (bicyclic) bond motifs is 1. The van der Waals surface area contributed by atoms with E-state index < -0.39 is 11.9 Å². The largest absolute Gasteiger partial charge is 0.472 e. The van der Waals surface area contributed by atoms with Crippen LogP contribution < -0.4 is 10.5 Å². The number of ether oxygens (including phenoxy) is 3. The zero-order valence-electron chi connectivity index (χ0n) is 16.6. The van der Waals surface area contributed by atoms with E-state index in [0.717, 1.165) is 32.7 Å². The summed E-state index contributed by atoms with van der Waals surface area (Å²) in [6.07, 6.45) is 1.41. The van der Waals surface area contributed by atoms with Crippen molar-refractivity contribution in [3.05, 3.63) is 58.0 Å². The predicted octanol–water partition coefficient (Wildman–Crippen LogP) is 4.15. The Morgan fingerprint density at radius 2 is 1.81 bits per heavy atom. The number of anilines is 1. The number of nitrogens with two attached hydrogens (primary N) is 1. The van der Waals surface area contributed by atoms with Crippen molar-refractivity contribution in [1.82, 2.24) is 9.97 Å². The van der Waals surface area contributed by atoms with Gasteiger partial charge >= 0.3 is 11.9 Å². The molecule has 0 radical (unpaired) electrons. The molecule has 0 atom stereocenters. The molecule has 0 aliphatic carbocycles. The van der Waals surface area contributed by atoms with Gasteiger partial charge in [-0.25, -0.2) is 19.6 Å². The number of carbonyl (C=O) groups excluding carboxylic acids is 2. The number of esters is 2. The van der Waals surface area contributed by atoms with Crippen molar-refractivity contribution < 1.29 is 23.8 Å². The van der Waals surface area contributed by atoms with Crippen molar-refractivity contribution in [2.24, 2.45) is 0 Å². The fourth-order valence-corrected chi connectivity index (χ4v) is 5.02. The van der Waals surface area contributed by atoms with Crippen LogP contribution in [0.15, 0.2) is 42.0 Å². The number of hydrogen-bond donors (Lipinski definition) is 1. The van der Waals surface area contributed by atoms with E-state index in [4.69, 9.17) is 19.9 Å². The number of rotatable bonds is 6. The molecule has 0 aliphatic heterocycles. The average molecular weight is 456 g/mol. The van der Waals surface area contributed by atoms with Crippen LogP contribution in [0.1, 0.15) is 25.6 Å². The lowest BCUT2D eigenvalue weighted by molar-refractivity contribution is 0.0598. The first kappa shape index (κ1) is 20.8. The molecule has 0 bridgehead atoms. The van der Waals surface area contributed by atoms with Crippen molar-refractivity contribution in [2.75, 3.05) is 20.0 Å². The maximum absolute atomic E-state index is 12.3. The highest BCUT2D eigenvalue weighted by Crippen LogP contribution is 2.38.